The molecule has 2 aromatic carbocycles. The van der Waals surface area contributed by atoms with Crippen molar-refractivity contribution in [3.63, 3.8) is 0 Å². The van der Waals surface area contributed by atoms with Crippen LogP contribution < -0.4 is 19.5 Å². The lowest BCUT2D eigenvalue weighted by Crippen LogP contribution is -2.35. The van der Waals surface area contributed by atoms with Crippen molar-refractivity contribution in [1.29, 1.82) is 0 Å². The largest absolute Gasteiger partial charge is 0.491 e. The van der Waals surface area contributed by atoms with Gasteiger partial charge in [0, 0.05) is 30.3 Å². The van der Waals surface area contributed by atoms with E-state index in [9.17, 15) is 20.0 Å². The molecule has 2 aromatic rings. The molecule has 1 unspecified atom stereocenters. The van der Waals surface area contributed by atoms with Crippen molar-refractivity contribution in [2.75, 3.05) is 19.9 Å². The van der Waals surface area contributed by atoms with Crippen molar-refractivity contribution < 1.29 is 29.0 Å². The molecule has 1 aliphatic heterocycles. The van der Waals surface area contributed by atoms with Crippen LogP contribution in [-0.4, -0.2) is 42.0 Å². The Kier molecular flexibility index (Phi) is 5.18. The maximum absolute atomic E-state index is 12.0. The lowest BCUT2D eigenvalue weighted by molar-refractivity contribution is -0.384. The summed E-state index contributed by atoms with van der Waals surface area (Å²) >= 11 is 0. The minimum absolute atomic E-state index is 0.0468. The Balaban J connectivity index is 1.48. The van der Waals surface area contributed by atoms with Gasteiger partial charge in [-0.15, -0.1) is 0 Å². The Morgan fingerprint density at radius 3 is 2.88 bits per heavy atom. The van der Waals surface area contributed by atoms with E-state index in [1.165, 1.54) is 24.3 Å². The molecule has 0 aliphatic carbocycles. The fourth-order valence-electron chi connectivity index (χ4n) is 2.29. The van der Waals surface area contributed by atoms with Gasteiger partial charge in [0.25, 0.3) is 11.6 Å². The average molecular weight is 360 g/mol. The number of hydrogen-bond acceptors (Lipinski definition) is 7. The molecule has 2 N–H and O–H groups in total. The van der Waals surface area contributed by atoms with E-state index in [0.29, 0.717) is 17.2 Å². The molecule has 0 radical (unpaired) electrons. The zero-order valence-electron chi connectivity index (χ0n) is 13.6. The number of nitrogens with zero attached hydrogens (tertiary/aromatic N) is 1. The molecule has 1 atom stereocenters. The number of nitro benzene ring substituents is 1. The van der Waals surface area contributed by atoms with Crippen LogP contribution in [0.1, 0.15) is 10.4 Å². The molecule has 9 heteroatoms. The molecule has 3 rings (SSSR count). The van der Waals surface area contributed by atoms with Gasteiger partial charge in [-0.3, -0.25) is 14.9 Å². The highest BCUT2D eigenvalue weighted by Gasteiger charge is 2.15. The lowest BCUT2D eigenvalue weighted by Gasteiger charge is -2.13. The quantitative estimate of drug-likeness (QED) is 0.567. The van der Waals surface area contributed by atoms with E-state index >= 15 is 0 Å². The topological polar surface area (TPSA) is 120 Å². The molecule has 0 spiro atoms. The van der Waals surface area contributed by atoms with Gasteiger partial charge in [0.05, 0.1) is 4.92 Å². The monoisotopic (exact) mass is 360 g/mol. The molecule has 0 bridgehead atoms. The number of amides is 1. The predicted molar refractivity (Wildman–Crippen MR) is 89.5 cm³/mol. The van der Waals surface area contributed by atoms with E-state index < -0.39 is 16.9 Å². The van der Waals surface area contributed by atoms with Crippen LogP contribution in [0, 0.1) is 10.1 Å². The fraction of sp³-hybridized carbons (Fsp3) is 0.235. The molecular weight excluding hydrogens is 344 g/mol. The van der Waals surface area contributed by atoms with Gasteiger partial charge in [-0.25, -0.2) is 0 Å². The fourth-order valence-corrected chi connectivity index (χ4v) is 2.29. The van der Waals surface area contributed by atoms with Crippen molar-refractivity contribution in [2.24, 2.45) is 0 Å². The molecule has 1 amide bonds. The van der Waals surface area contributed by atoms with Crippen molar-refractivity contribution in [3.05, 3.63) is 58.1 Å². The van der Waals surface area contributed by atoms with Crippen LogP contribution in [0.15, 0.2) is 42.5 Å². The van der Waals surface area contributed by atoms with Crippen LogP contribution in [-0.2, 0) is 0 Å². The smallest absolute Gasteiger partial charge is 0.270 e. The van der Waals surface area contributed by atoms with Gasteiger partial charge in [0.2, 0.25) is 6.79 Å². The first kappa shape index (κ1) is 17.5. The Labute approximate surface area is 148 Å². The van der Waals surface area contributed by atoms with Crippen molar-refractivity contribution >= 4 is 11.6 Å². The summed E-state index contributed by atoms with van der Waals surface area (Å²) in [6.07, 6.45) is -0.955. The van der Waals surface area contributed by atoms with Gasteiger partial charge in [-0.2, -0.15) is 0 Å². The molecule has 0 saturated carbocycles. The number of aliphatic hydroxyl groups is 1. The molecule has 136 valence electrons. The first-order chi connectivity index (χ1) is 12.5. The standard InChI is InChI=1S/C17H16N2O7/c20-13(9-24-14-4-5-15-16(7-14)26-10-25-15)8-18-17(21)11-2-1-3-12(6-11)19(22)23/h1-7,13,20H,8-10H2,(H,18,21). The summed E-state index contributed by atoms with van der Waals surface area (Å²) in [5.74, 6) is 1.17. The number of nitrogens with one attached hydrogen (secondary N) is 1. The zero-order chi connectivity index (χ0) is 18.5. The zero-order valence-corrected chi connectivity index (χ0v) is 13.6. The highest BCUT2D eigenvalue weighted by atomic mass is 16.7. The van der Waals surface area contributed by atoms with Crippen molar-refractivity contribution in [3.8, 4) is 17.2 Å². The van der Waals surface area contributed by atoms with Crippen LogP contribution in [0.2, 0.25) is 0 Å². The minimum atomic E-state index is -0.955. The van der Waals surface area contributed by atoms with Gasteiger partial charge in [-0.1, -0.05) is 6.07 Å². The number of carbonyl (C=O) groups is 1. The number of rotatable bonds is 7. The molecule has 9 nitrogen and oxygen atoms in total. The lowest BCUT2D eigenvalue weighted by atomic mass is 10.2. The van der Waals surface area contributed by atoms with Crippen molar-refractivity contribution in [2.45, 2.75) is 6.10 Å². The Bertz CT molecular complexity index is 825. The number of benzene rings is 2. The molecule has 0 saturated heterocycles. The van der Waals surface area contributed by atoms with E-state index in [0.717, 1.165) is 0 Å². The summed E-state index contributed by atoms with van der Waals surface area (Å²) < 4.78 is 15.9. The van der Waals surface area contributed by atoms with Crippen LogP contribution in [0.4, 0.5) is 5.69 Å². The SMILES string of the molecule is O=C(NCC(O)COc1ccc2c(c1)OCO2)c1cccc([N+](=O)[O-])c1. The van der Waals surface area contributed by atoms with Gasteiger partial charge >= 0.3 is 0 Å². The highest BCUT2D eigenvalue weighted by molar-refractivity contribution is 5.94. The highest BCUT2D eigenvalue weighted by Crippen LogP contribution is 2.35. The number of ether oxygens (including phenoxy) is 3. The third-order valence-corrected chi connectivity index (χ3v) is 3.60. The van der Waals surface area contributed by atoms with E-state index in [4.69, 9.17) is 14.2 Å². The summed E-state index contributed by atoms with van der Waals surface area (Å²) in [4.78, 5) is 22.2. The van der Waals surface area contributed by atoms with Crippen LogP contribution in [0.25, 0.3) is 0 Å². The van der Waals surface area contributed by atoms with Gasteiger partial charge in [0.1, 0.15) is 18.5 Å². The second kappa shape index (κ2) is 7.70. The number of aliphatic hydroxyl groups excluding tert-OH is 1. The summed E-state index contributed by atoms with van der Waals surface area (Å²) in [5.41, 5.74) is -0.0348. The average Bonchev–Trinajstić information content (AvgIpc) is 3.12. The molecule has 0 fully saturated rings. The molecule has 0 aromatic heterocycles. The Morgan fingerprint density at radius 2 is 2.08 bits per heavy atom. The van der Waals surface area contributed by atoms with Gasteiger partial charge in [-0.05, 0) is 18.2 Å². The Hall–Kier alpha value is -3.33. The summed E-state index contributed by atoms with van der Waals surface area (Å²) in [5, 5.41) is 23.2. The maximum Gasteiger partial charge on any atom is 0.270 e. The summed E-state index contributed by atoms with van der Waals surface area (Å²) in [6.45, 7) is 0.0476. The maximum atomic E-state index is 12.0. The third-order valence-electron chi connectivity index (χ3n) is 3.60. The van der Waals surface area contributed by atoms with Crippen LogP contribution in [0.3, 0.4) is 0 Å². The van der Waals surface area contributed by atoms with E-state index in [2.05, 4.69) is 5.32 Å². The van der Waals surface area contributed by atoms with Crippen LogP contribution in [0.5, 0.6) is 17.2 Å². The molecule has 26 heavy (non-hydrogen) atoms. The normalized spacial score (nSPS) is 13.1. The summed E-state index contributed by atoms with van der Waals surface area (Å²) in [7, 11) is 0. The van der Waals surface area contributed by atoms with E-state index in [1.807, 2.05) is 0 Å². The van der Waals surface area contributed by atoms with E-state index in [1.54, 1.807) is 18.2 Å². The molecular formula is C17H16N2O7. The Morgan fingerprint density at radius 1 is 1.27 bits per heavy atom. The predicted octanol–water partition coefficient (Wildman–Crippen LogP) is 1.49. The molecule has 1 heterocycles. The van der Waals surface area contributed by atoms with Gasteiger partial charge < -0.3 is 24.6 Å². The number of carbonyl (C=O) groups excluding carboxylic acids is 1. The van der Waals surface area contributed by atoms with Crippen LogP contribution >= 0.6 is 0 Å². The van der Waals surface area contributed by atoms with Crippen molar-refractivity contribution in [1.82, 2.24) is 5.32 Å². The summed E-state index contributed by atoms with van der Waals surface area (Å²) in [6, 6.07) is 10.4. The molecule has 1 aliphatic rings. The van der Waals surface area contributed by atoms with E-state index in [-0.39, 0.29) is 31.2 Å². The second-order valence-electron chi connectivity index (χ2n) is 5.50. The first-order valence-corrected chi connectivity index (χ1v) is 7.76. The number of fused-ring (bicyclic) bond motifs is 1. The third kappa shape index (κ3) is 4.19. The number of hydrogen-bond donors (Lipinski definition) is 2. The minimum Gasteiger partial charge on any atom is -0.491 e. The van der Waals surface area contributed by atoms with Gasteiger partial charge in [0.15, 0.2) is 11.5 Å². The number of nitro groups is 1. The first-order valence-electron chi connectivity index (χ1n) is 7.76. The number of non-ortho nitro benzene ring substituents is 1. The second-order valence-corrected chi connectivity index (χ2v) is 5.50.